The summed E-state index contributed by atoms with van der Waals surface area (Å²) in [6.45, 7) is 17.3. The molecule has 8 rings (SSSR count). The van der Waals surface area contributed by atoms with Crippen LogP contribution in [0.1, 0.15) is 54.3 Å². The topological polar surface area (TPSA) is 51.8 Å². The van der Waals surface area contributed by atoms with Crippen molar-refractivity contribution in [1.82, 2.24) is 15.0 Å². The van der Waals surface area contributed by atoms with Crippen molar-refractivity contribution in [2.24, 2.45) is 5.41 Å². The second kappa shape index (κ2) is 14.9. The van der Waals surface area contributed by atoms with Crippen LogP contribution in [0.25, 0.3) is 66.4 Å². The monoisotopic (exact) mass is 858 g/mol. The molecule has 0 unspecified atom stereocenters. The van der Waals surface area contributed by atoms with E-state index in [1.165, 1.54) is 38.9 Å². The fourth-order valence-corrected chi connectivity index (χ4v) is 6.59. The van der Waals surface area contributed by atoms with Crippen molar-refractivity contribution in [2.75, 3.05) is 0 Å². The number of aromatic nitrogens is 3. The molecule has 0 spiro atoms. The quantitative estimate of drug-likeness (QED) is 0.165. The Morgan fingerprint density at radius 3 is 2.12 bits per heavy atom. The van der Waals surface area contributed by atoms with Crippen molar-refractivity contribution in [3.63, 3.8) is 0 Å². The summed E-state index contributed by atoms with van der Waals surface area (Å²) in [5.74, 6) is 0. The van der Waals surface area contributed by atoms with E-state index in [4.69, 9.17) is 9.40 Å². The van der Waals surface area contributed by atoms with E-state index < -0.39 is 0 Å². The summed E-state index contributed by atoms with van der Waals surface area (Å²) in [5.41, 5.74) is 15.5. The first kappa shape index (κ1) is 36.8. The maximum Gasteiger partial charge on any atom is 0.130 e. The Labute approximate surface area is 320 Å². The van der Waals surface area contributed by atoms with Crippen molar-refractivity contribution in [1.29, 1.82) is 0 Å². The number of benzene rings is 4. The number of hydrogen-bond donors (Lipinski definition) is 0. The van der Waals surface area contributed by atoms with Crippen LogP contribution in [0.3, 0.4) is 0 Å². The Balaban J connectivity index is 0.000000186. The maximum absolute atomic E-state index is 6.45. The molecule has 8 aromatic rings. The largest absolute Gasteiger partial charge is 0.500 e. The van der Waals surface area contributed by atoms with E-state index >= 15 is 0 Å². The van der Waals surface area contributed by atoms with E-state index in [0.29, 0.717) is 0 Å². The van der Waals surface area contributed by atoms with E-state index in [1.807, 2.05) is 37.6 Å². The fraction of sp³-hybridized carbons (Fsp3) is 0.213. The molecule has 0 amide bonds. The standard InChI is InChI=1S/C27H25N2O.C20H18N.Ir/c1-16-14-29-24(12-19(16)13-27(3,4)5)22-8-6-7-20-21-10-9-18-11-17(2)28-15-23(18)26(21)30-25(20)22;1-14-9-10-18(20-11-15(2)16(3)13-21-20)12-19(14)17-7-5-4-6-8-17;/h6-7,9-12,14-15H,13H2,1-5H3;4-9,11-13H,1-3H3;/q2*-1;. The molecule has 0 saturated heterocycles. The summed E-state index contributed by atoms with van der Waals surface area (Å²) < 4.78 is 6.45. The van der Waals surface area contributed by atoms with Gasteiger partial charge in [-0.25, -0.2) is 0 Å². The van der Waals surface area contributed by atoms with Crippen LogP contribution in [0.2, 0.25) is 0 Å². The minimum Gasteiger partial charge on any atom is -0.500 e. The Morgan fingerprint density at radius 1 is 0.635 bits per heavy atom. The van der Waals surface area contributed by atoms with E-state index in [2.05, 4.69) is 143 Å². The zero-order chi connectivity index (χ0) is 35.9. The molecule has 0 N–H and O–H groups in total. The smallest absolute Gasteiger partial charge is 0.130 e. The molecule has 263 valence electrons. The first-order valence-corrected chi connectivity index (χ1v) is 17.5. The van der Waals surface area contributed by atoms with Gasteiger partial charge in [0.25, 0.3) is 0 Å². The summed E-state index contributed by atoms with van der Waals surface area (Å²) in [6, 6.07) is 36.2. The fourth-order valence-electron chi connectivity index (χ4n) is 6.59. The number of furan rings is 1. The van der Waals surface area contributed by atoms with Crippen LogP contribution < -0.4 is 0 Å². The molecule has 52 heavy (non-hydrogen) atoms. The van der Waals surface area contributed by atoms with E-state index in [0.717, 1.165) is 67.3 Å². The number of rotatable bonds is 4. The molecule has 0 fully saturated rings. The number of aryl methyl sites for hydroxylation is 5. The SMILES string of the molecule is Cc1cc2ccc3c4cc[c-]c(-c5cc(CC(C)(C)C)c(C)cn5)c4oc3c2cn1.Cc1cnc(-c2[c-]cc(C)c(-c3ccccc3)c2)cc1C.[Ir]. The van der Waals surface area contributed by atoms with Gasteiger partial charge in [0, 0.05) is 55.2 Å². The van der Waals surface area contributed by atoms with Gasteiger partial charge in [0.1, 0.15) is 5.58 Å². The second-order valence-electron chi connectivity index (χ2n) is 14.9. The van der Waals surface area contributed by atoms with E-state index in [-0.39, 0.29) is 25.5 Å². The van der Waals surface area contributed by atoms with Crippen LogP contribution in [0.15, 0.2) is 108 Å². The Bertz CT molecular complexity index is 2540. The first-order chi connectivity index (χ1) is 24.4. The molecule has 5 heteroatoms. The van der Waals surface area contributed by atoms with Gasteiger partial charge in [-0.2, -0.15) is 0 Å². The summed E-state index contributed by atoms with van der Waals surface area (Å²) in [5, 5.41) is 4.35. The Morgan fingerprint density at radius 2 is 1.37 bits per heavy atom. The third-order valence-corrected chi connectivity index (χ3v) is 9.52. The van der Waals surface area contributed by atoms with Gasteiger partial charge in [0.15, 0.2) is 0 Å². The molecule has 0 aliphatic heterocycles. The van der Waals surface area contributed by atoms with Crippen molar-refractivity contribution < 1.29 is 24.5 Å². The van der Waals surface area contributed by atoms with Gasteiger partial charge >= 0.3 is 0 Å². The van der Waals surface area contributed by atoms with Gasteiger partial charge in [0.05, 0.1) is 5.58 Å². The minimum absolute atomic E-state index is 0. The van der Waals surface area contributed by atoms with E-state index in [1.54, 1.807) is 0 Å². The van der Waals surface area contributed by atoms with Crippen molar-refractivity contribution in [2.45, 2.75) is 61.8 Å². The number of pyridine rings is 3. The minimum atomic E-state index is 0. The van der Waals surface area contributed by atoms with Crippen LogP contribution in [0.5, 0.6) is 0 Å². The summed E-state index contributed by atoms with van der Waals surface area (Å²) in [6.07, 6.45) is 6.80. The van der Waals surface area contributed by atoms with Crippen LogP contribution in [-0.2, 0) is 26.5 Å². The summed E-state index contributed by atoms with van der Waals surface area (Å²) in [4.78, 5) is 13.8. The average Bonchev–Trinajstić information content (AvgIpc) is 3.50. The maximum atomic E-state index is 6.45. The number of nitrogens with zero attached hydrogens (tertiary/aromatic N) is 3. The van der Waals surface area contributed by atoms with Crippen molar-refractivity contribution >= 4 is 32.7 Å². The molecule has 4 nitrogen and oxygen atoms in total. The van der Waals surface area contributed by atoms with Crippen LogP contribution in [0.4, 0.5) is 0 Å². The summed E-state index contributed by atoms with van der Waals surface area (Å²) in [7, 11) is 0. The molecule has 0 atom stereocenters. The van der Waals surface area contributed by atoms with Gasteiger partial charge in [-0.15, -0.1) is 47.5 Å². The van der Waals surface area contributed by atoms with Gasteiger partial charge in [-0.1, -0.05) is 110 Å². The number of fused-ring (bicyclic) bond motifs is 5. The van der Waals surface area contributed by atoms with Gasteiger partial charge in [-0.05, 0) is 79.1 Å². The molecule has 4 aromatic carbocycles. The molecule has 0 saturated carbocycles. The van der Waals surface area contributed by atoms with Crippen molar-refractivity contribution in [3.05, 3.63) is 149 Å². The first-order valence-electron chi connectivity index (χ1n) is 17.5. The van der Waals surface area contributed by atoms with Crippen LogP contribution in [-0.4, -0.2) is 15.0 Å². The normalized spacial score (nSPS) is 11.4. The third kappa shape index (κ3) is 7.62. The average molecular weight is 858 g/mol. The molecule has 4 heterocycles. The molecule has 1 radical (unpaired) electrons. The van der Waals surface area contributed by atoms with Gasteiger partial charge in [-0.3, -0.25) is 4.98 Å². The number of hydrogen-bond acceptors (Lipinski definition) is 4. The molecule has 0 aliphatic rings. The van der Waals surface area contributed by atoms with Gasteiger partial charge < -0.3 is 14.4 Å². The zero-order valence-corrected chi connectivity index (χ0v) is 33.5. The predicted octanol–water partition coefficient (Wildman–Crippen LogP) is 12.3. The molecular formula is C47H43IrN3O-2. The third-order valence-electron chi connectivity index (χ3n) is 9.52. The molecule has 0 bridgehead atoms. The van der Waals surface area contributed by atoms with Gasteiger partial charge in [0.2, 0.25) is 0 Å². The summed E-state index contributed by atoms with van der Waals surface area (Å²) >= 11 is 0. The van der Waals surface area contributed by atoms with E-state index in [9.17, 15) is 0 Å². The second-order valence-corrected chi connectivity index (χ2v) is 14.9. The Hall–Kier alpha value is -4.96. The van der Waals surface area contributed by atoms with Crippen LogP contribution >= 0.6 is 0 Å². The Kier molecular flexibility index (Phi) is 10.6. The van der Waals surface area contributed by atoms with Crippen LogP contribution in [0, 0.1) is 52.2 Å². The zero-order valence-electron chi connectivity index (χ0n) is 31.1. The van der Waals surface area contributed by atoms with Crippen molar-refractivity contribution in [3.8, 4) is 33.6 Å². The molecular weight excluding hydrogens is 815 g/mol. The molecule has 0 aliphatic carbocycles. The molecule has 4 aromatic heterocycles. The predicted molar refractivity (Wildman–Crippen MR) is 212 cm³/mol.